The summed E-state index contributed by atoms with van der Waals surface area (Å²) in [5.41, 5.74) is 5.09. The predicted molar refractivity (Wildman–Crippen MR) is 131 cm³/mol. The molecule has 1 aromatic heterocycles. The summed E-state index contributed by atoms with van der Waals surface area (Å²) in [4.78, 5) is 0. The summed E-state index contributed by atoms with van der Waals surface area (Å²) >= 11 is 0. The lowest BCUT2D eigenvalue weighted by atomic mass is 9.96. The topological polar surface area (TPSA) is 61.1 Å². The molecule has 0 unspecified atom stereocenters. The molecule has 1 aliphatic carbocycles. The van der Waals surface area contributed by atoms with E-state index >= 15 is 0 Å². The van der Waals surface area contributed by atoms with Gasteiger partial charge >= 0.3 is 5.51 Å². The second-order valence-corrected chi connectivity index (χ2v) is 9.90. The van der Waals surface area contributed by atoms with Crippen LogP contribution in [0.5, 0.6) is 0 Å². The fourth-order valence-electron chi connectivity index (χ4n) is 4.38. The third-order valence-corrected chi connectivity index (χ3v) is 6.60. The Morgan fingerprint density at radius 2 is 1.33 bits per heavy atom. The zero-order valence-electron chi connectivity index (χ0n) is 19.5. The lowest BCUT2D eigenvalue weighted by Gasteiger charge is -2.13. The van der Waals surface area contributed by atoms with Crippen LogP contribution in [0.25, 0.3) is 28.1 Å². The molecule has 3 aromatic carbocycles. The van der Waals surface area contributed by atoms with Crippen molar-refractivity contribution < 1.29 is 30.7 Å². The maximum Gasteiger partial charge on any atom is 0.485 e. The van der Waals surface area contributed by atoms with Crippen LogP contribution in [0.4, 0.5) is 13.2 Å². The first kappa shape index (κ1) is 25.6. The van der Waals surface area contributed by atoms with Crippen molar-refractivity contribution in [3.05, 3.63) is 108 Å². The molecule has 5 rings (SSSR count). The number of aryl methyl sites for hydroxylation is 1. The summed E-state index contributed by atoms with van der Waals surface area (Å²) in [6.45, 7) is 2.15. The van der Waals surface area contributed by atoms with Gasteiger partial charge in [-0.05, 0) is 43.0 Å². The predicted octanol–water partition coefficient (Wildman–Crippen LogP) is 6.15. The van der Waals surface area contributed by atoms with Gasteiger partial charge in [-0.15, -0.1) is 0 Å². The van der Waals surface area contributed by atoms with E-state index in [1.54, 1.807) is 0 Å². The Hall–Kier alpha value is -3.49. The van der Waals surface area contributed by atoms with Gasteiger partial charge in [0.1, 0.15) is 0 Å². The fourth-order valence-corrected chi connectivity index (χ4v) is 4.38. The smallest absolute Gasteiger partial charge is 0.485 e. The highest BCUT2D eigenvalue weighted by atomic mass is 32.2. The van der Waals surface area contributed by atoms with Crippen molar-refractivity contribution in [3.8, 4) is 28.1 Å². The molecule has 0 atom stereocenters. The van der Waals surface area contributed by atoms with Crippen molar-refractivity contribution in [3.63, 3.8) is 0 Å². The molecule has 0 amide bonds. The molecule has 0 N–H and O–H groups in total. The molecule has 0 aliphatic heterocycles. The van der Waals surface area contributed by atoms with Gasteiger partial charge in [-0.3, -0.25) is 0 Å². The third-order valence-electron chi connectivity index (χ3n) is 6.04. The van der Waals surface area contributed by atoms with Gasteiger partial charge in [0, 0.05) is 35.7 Å². The Morgan fingerprint density at radius 3 is 1.86 bits per heavy atom. The molecule has 36 heavy (non-hydrogen) atoms. The largest absolute Gasteiger partial charge is 0.741 e. The summed E-state index contributed by atoms with van der Waals surface area (Å²) in [5, 5.41) is 0. The average Bonchev–Trinajstić information content (AvgIpc) is 3.34. The number of pyridine rings is 1. The number of benzene rings is 3. The van der Waals surface area contributed by atoms with E-state index in [-0.39, 0.29) is 0 Å². The molecule has 8 heteroatoms. The van der Waals surface area contributed by atoms with E-state index in [4.69, 9.17) is 13.0 Å². The van der Waals surface area contributed by atoms with Crippen LogP contribution in [0.2, 0.25) is 0 Å². The molecular weight excluding hydrogens is 487 g/mol. The molecule has 0 fully saturated rings. The maximum absolute atomic E-state index is 10.7. The number of hydrogen-bond donors (Lipinski definition) is 0. The van der Waals surface area contributed by atoms with Crippen LogP contribution >= 0.6 is 0 Å². The van der Waals surface area contributed by atoms with E-state index in [9.17, 15) is 13.2 Å². The fraction of sp³-hybridized carbons (Fsp3) is 0.179. The minimum atomic E-state index is -6.09. The van der Waals surface area contributed by atoms with Crippen LogP contribution in [0.3, 0.4) is 0 Å². The molecule has 1 heterocycles. The van der Waals surface area contributed by atoms with Crippen molar-refractivity contribution >= 4 is 10.1 Å². The van der Waals surface area contributed by atoms with Crippen LogP contribution in [-0.4, -0.2) is 18.5 Å². The van der Waals surface area contributed by atoms with E-state index in [1.807, 2.05) is 0 Å². The van der Waals surface area contributed by atoms with Gasteiger partial charge < -0.3 is 4.55 Å². The molecule has 0 saturated carbocycles. The molecule has 0 bridgehead atoms. The van der Waals surface area contributed by atoms with Gasteiger partial charge in [-0.2, -0.15) is 17.7 Å². The number of aromatic nitrogens is 1. The van der Waals surface area contributed by atoms with Crippen molar-refractivity contribution in [2.75, 3.05) is 0 Å². The molecule has 186 valence electrons. The quantitative estimate of drug-likeness (QED) is 0.188. The Morgan fingerprint density at radius 1 is 0.806 bits per heavy atom. The molecule has 1 aliphatic rings. The van der Waals surface area contributed by atoms with Crippen LogP contribution in [0, 0.1) is 6.92 Å². The van der Waals surface area contributed by atoms with E-state index in [2.05, 4.69) is 102 Å². The van der Waals surface area contributed by atoms with Crippen LogP contribution in [0.1, 0.15) is 23.2 Å². The minimum Gasteiger partial charge on any atom is -0.741 e. The van der Waals surface area contributed by atoms with Crippen LogP contribution < -0.4 is 4.57 Å². The number of alkyl halides is 3. The zero-order valence-corrected chi connectivity index (χ0v) is 20.3. The lowest BCUT2D eigenvalue weighted by Crippen LogP contribution is -2.38. The first-order chi connectivity index (χ1) is 17.1. The van der Waals surface area contributed by atoms with Gasteiger partial charge in [-0.25, -0.2) is 8.42 Å². The first-order valence-electron chi connectivity index (χ1n) is 11.4. The monoisotopic (exact) mass is 511 g/mol. The Labute approximate surface area is 208 Å². The molecular formula is C28H24F3NO3S. The van der Waals surface area contributed by atoms with Gasteiger partial charge in [0.2, 0.25) is 11.4 Å². The van der Waals surface area contributed by atoms with E-state index in [1.165, 1.54) is 51.3 Å². The summed E-state index contributed by atoms with van der Waals surface area (Å²) in [6.07, 6.45) is 3.50. The van der Waals surface area contributed by atoms with Crippen LogP contribution in [-0.2, 0) is 23.0 Å². The third kappa shape index (κ3) is 5.50. The van der Waals surface area contributed by atoms with Gasteiger partial charge in [0.05, 0.1) is 0 Å². The summed E-state index contributed by atoms with van der Waals surface area (Å²) < 4.78 is 61.4. The number of nitrogens with zero attached hydrogens (tertiary/aromatic N) is 1. The molecule has 0 radical (unpaired) electrons. The molecule has 0 saturated heterocycles. The Balaban J connectivity index is 0.000000331. The van der Waals surface area contributed by atoms with E-state index < -0.39 is 15.6 Å². The molecule has 4 aromatic rings. The Kier molecular flexibility index (Phi) is 7.28. The van der Waals surface area contributed by atoms with E-state index in [0.29, 0.717) is 0 Å². The molecule has 4 nitrogen and oxygen atoms in total. The van der Waals surface area contributed by atoms with Gasteiger partial charge in [-0.1, -0.05) is 66.2 Å². The van der Waals surface area contributed by atoms with Crippen molar-refractivity contribution in [2.24, 2.45) is 0 Å². The van der Waals surface area contributed by atoms with Crippen molar-refractivity contribution in [1.29, 1.82) is 0 Å². The highest BCUT2D eigenvalue weighted by Crippen LogP contribution is 2.34. The standard InChI is InChI=1S/C27H24N.CHF3O3S/c1-20-15-17-23(18-16-20)28-26-14-8-13-24(26)25(21-9-4-2-5-10-21)19-27(28)22-11-6-3-7-12-22;2-1(3,4)8(5,6)7/h2-7,9-12,15-19H,8,13-14H2,1H3;(H,5,6,7)/q+1;/p-1. The normalized spacial score (nSPS) is 13.0. The second kappa shape index (κ2) is 10.2. The highest BCUT2D eigenvalue weighted by Gasteiger charge is 2.37. The number of halogens is 3. The van der Waals surface area contributed by atoms with Crippen molar-refractivity contribution in [2.45, 2.75) is 31.7 Å². The van der Waals surface area contributed by atoms with Gasteiger partial charge in [0.25, 0.3) is 0 Å². The lowest BCUT2D eigenvalue weighted by molar-refractivity contribution is -0.592. The van der Waals surface area contributed by atoms with Crippen LogP contribution in [0.15, 0.2) is 91.0 Å². The van der Waals surface area contributed by atoms with E-state index in [0.717, 1.165) is 12.8 Å². The zero-order chi connectivity index (χ0) is 25.9. The average molecular weight is 512 g/mol. The summed E-state index contributed by atoms with van der Waals surface area (Å²) in [7, 11) is -6.09. The number of hydrogen-bond acceptors (Lipinski definition) is 3. The summed E-state index contributed by atoms with van der Waals surface area (Å²) in [6, 6.07) is 33.0. The SMILES string of the molecule is Cc1ccc(-[n+]2c(-c3ccccc3)cc(-c3ccccc3)c3c2CCC3)cc1.O=S(=O)([O-])C(F)(F)F. The van der Waals surface area contributed by atoms with Gasteiger partial charge in [0.15, 0.2) is 15.8 Å². The maximum atomic E-state index is 10.7. The highest BCUT2D eigenvalue weighted by molar-refractivity contribution is 7.86. The number of fused-ring (bicyclic) bond motifs is 1. The number of rotatable bonds is 3. The van der Waals surface area contributed by atoms with Crippen molar-refractivity contribution in [1.82, 2.24) is 0 Å². The second-order valence-electron chi connectivity index (χ2n) is 8.52. The first-order valence-corrected chi connectivity index (χ1v) is 12.8. The molecule has 0 spiro atoms. The summed E-state index contributed by atoms with van der Waals surface area (Å²) in [5.74, 6) is 0. The minimum absolute atomic E-state index is 1.13. The Bertz CT molecular complexity index is 1450.